The maximum atomic E-state index is 10.2. The highest BCUT2D eigenvalue weighted by molar-refractivity contribution is 5.45. The zero-order chi connectivity index (χ0) is 15.4. The Morgan fingerprint density at radius 3 is 2.86 bits per heavy atom. The van der Waals surface area contributed by atoms with Gasteiger partial charge < -0.3 is 14.9 Å². The molecule has 3 heterocycles. The Balaban J connectivity index is 1.51. The molecule has 0 bridgehead atoms. The SMILES string of the molecule is CC1(C)CCCN(c2ccnc(N3CC[C@@]4(O)C[C@H]4C3)n2)C1. The van der Waals surface area contributed by atoms with Crippen LogP contribution in [0.4, 0.5) is 11.8 Å². The van der Waals surface area contributed by atoms with E-state index in [4.69, 9.17) is 4.98 Å². The molecule has 5 heteroatoms. The molecule has 1 aliphatic carbocycles. The molecule has 0 aromatic carbocycles. The van der Waals surface area contributed by atoms with Gasteiger partial charge in [-0.2, -0.15) is 4.98 Å². The lowest BCUT2D eigenvalue weighted by atomic mass is 9.84. The summed E-state index contributed by atoms with van der Waals surface area (Å²) in [5.41, 5.74) is -0.00992. The highest BCUT2D eigenvalue weighted by atomic mass is 16.3. The summed E-state index contributed by atoms with van der Waals surface area (Å²) in [5, 5.41) is 10.2. The molecule has 120 valence electrons. The Labute approximate surface area is 132 Å². The van der Waals surface area contributed by atoms with Gasteiger partial charge in [0, 0.05) is 38.3 Å². The summed E-state index contributed by atoms with van der Waals surface area (Å²) in [6, 6.07) is 2.03. The van der Waals surface area contributed by atoms with Gasteiger partial charge in [-0.1, -0.05) is 13.8 Å². The average molecular weight is 302 g/mol. The van der Waals surface area contributed by atoms with Gasteiger partial charge in [-0.25, -0.2) is 4.98 Å². The van der Waals surface area contributed by atoms with Crippen molar-refractivity contribution >= 4 is 11.8 Å². The molecular formula is C17H26N4O. The summed E-state index contributed by atoms with van der Waals surface area (Å²) in [5.74, 6) is 2.30. The molecule has 4 rings (SSSR count). The largest absolute Gasteiger partial charge is 0.389 e. The normalized spacial score (nSPS) is 33.5. The zero-order valence-electron chi connectivity index (χ0n) is 13.6. The molecule has 5 nitrogen and oxygen atoms in total. The molecule has 1 saturated carbocycles. The number of anilines is 2. The summed E-state index contributed by atoms with van der Waals surface area (Å²) < 4.78 is 0. The summed E-state index contributed by atoms with van der Waals surface area (Å²) in [4.78, 5) is 13.9. The first kappa shape index (κ1) is 14.2. The predicted octanol–water partition coefficient (Wildman–Crippen LogP) is 2.06. The van der Waals surface area contributed by atoms with Crippen LogP contribution in [0, 0.1) is 11.3 Å². The number of piperidine rings is 2. The van der Waals surface area contributed by atoms with Crippen molar-refractivity contribution in [2.45, 2.75) is 45.1 Å². The Kier molecular flexibility index (Phi) is 3.12. The summed E-state index contributed by atoms with van der Waals surface area (Å²) in [7, 11) is 0. The number of nitrogens with zero attached hydrogens (tertiary/aromatic N) is 4. The third-order valence-electron chi connectivity index (χ3n) is 5.59. The van der Waals surface area contributed by atoms with Crippen molar-refractivity contribution in [1.82, 2.24) is 9.97 Å². The zero-order valence-corrected chi connectivity index (χ0v) is 13.6. The standard InChI is InChI=1S/C17H26N4O/c1-16(2)5-3-8-21(12-16)14-4-7-18-15(19-14)20-9-6-17(22)10-13(17)11-20/h4,7,13,22H,3,5-6,8-12H2,1-2H3/t13-,17+/m0/s1. The van der Waals surface area contributed by atoms with Crippen molar-refractivity contribution in [2.75, 3.05) is 36.0 Å². The van der Waals surface area contributed by atoms with Crippen LogP contribution in [0.1, 0.15) is 39.5 Å². The Morgan fingerprint density at radius 2 is 2.09 bits per heavy atom. The van der Waals surface area contributed by atoms with Crippen LogP contribution in [0.15, 0.2) is 12.3 Å². The van der Waals surface area contributed by atoms with E-state index in [1.807, 2.05) is 12.3 Å². The quantitative estimate of drug-likeness (QED) is 0.906. The maximum absolute atomic E-state index is 10.2. The lowest BCUT2D eigenvalue weighted by Gasteiger charge is -2.39. The molecule has 0 unspecified atom stereocenters. The molecule has 2 saturated heterocycles. The van der Waals surface area contributed by atoms with E-state index < -0.39 is 0 Å². The lowest BCUT2D eigenvalue weighted by molar-refractivity contribution is 0.114. The van der Waals surface area contributed by atoms with Crippen molar-refractivity contribution in [1.29, 1.82) is 0 Å². The number of hydrogen-bond donors (Lipinski definition) is 1. The van der Waals surface area contributed by atoms with E-state index in [-0.39, 0.29) is 5.60 Å². The van der Waals surface area contributed by atoms with E-state index in [1.165, 1.54) is 12.8 Å². The second kappa shape index (κ2) is 4.82. The summed E-state index contributed by atoms with van der Waals surface area (Å²) in [6.45, 7) is 8.57. The lowest BCUT2D eigenvalue weighted by Crippen LogP contribution is -2.41. The van der Waals surface area contributed by atoms with Gasteiger partial charge >= 0.3 is 0 Å². The molecule has 0 spiro atoms. The van der Waals surface area contributed by atoms with E-state index in [0.29, 0.717) is 11.3 Å². The van der Waals surface area contributed by atoms with Gasteiger partial charge in [0.15, 0.2) is 0 Å². The number of fused-ring (bicyclic) bond motifs is 1. The number of rotatable bonds is 2. The molecule has 3 aliphatic rings. The van der Waals surface area contributed by atoms with E-state index in [0.717, 1.165) is 50.8 Å². The first-order valence-corrected chi connectivity index (χ1v) is 8.51. The molecule has 2 aliphatic heterocycles. The molecule has 3 fully saturated rings. The topological polar surface area (TPSA) is 52.5 Å². The fraction of sp³-hybridized carbons (Fsp3) is 0.765. The fourth-order valence-corrected chi connectivity index (χ4v) is 4.06. The highest BCUT2D eigenvalue weighted by Crippen LogP contribution is 2.49. The molecule has 0 radical (unpaired) electrons. The molecular weight excluding hydrogens is 276 g/mol. The van der Waals surface area contributed by atoms with Gasteiger partial charge in [-0.3, -0.25) is 0 Å². The molecule has 1 N–H and O–H groups in total. The first-order valence-electron chi connectivity index (χ1n) is 8.51. The first-order chi connectivity index (χ1) is 10.5. The van der Waals surface area contributed by atoms with Gasteiger partial charge in [-0.05, 0) is 37.2 Å². The van der Waals surface area contributed by atoms with Crippen molar-refractivity contribution in [3.05, 3.63) is 12.3 Å². The predicted molar refractivity (Wildman–Crippen MR) is 87.1 cm³/mol. The molecule has 1 aromatic rings. The van der Waals surface area contributed by atoms with Crippen molar-refractivity contribution < 1.29 is 5.11 Å². The minimum atomic E-state index is -0.370. The number of aliphatic hydroxyl groups is 1. The van der Waals surface area contributed by atoms with Crippen LogP contribution in [-0.4, -0.2) is 46.9 Å². The van der Waals surface area contributed by atoms with Gasteiger partial charge in [0.2, 0.25) is 5.95 Å². The number of hydrogen-bond acceptors (Lipinski definition) is 5. The van der Waals surface area contributed by atoms with Crippen LogP contribution < -0.4 is 9.80 Å². The second-order valence-corrected chi connectivity index (χ2v) is 8.10. The third kappa shape index (κ3) is 2.56. The highest BCUT2D eigenvalue weighted by Gasteiger charge is 2.55. The third-order valence-corrected chi connectivity index (χ3v) is 5.59. The van der Waals surface area contributed by atoms with Crippen molar-refractivity contribution in [3.63, 3.8) is 0 Å². The van der Waals surface area contributed by atoms with Crippen LogP contribution in [0.25, 0.3) is 0 Å². The molecule has 2 atom stereocenters. The van der Waals surface area contributed by atoms with E-state index in [2.05, 4.69) is 28.6 Å². The maximum Gasteiger partial charge on any atom is 0.227 e. The minimum Gasteiger partial charge on any atom is -0.389 e. The van der Waals surface area contributed by atoms with Crippen LogP contribution in [0.3, 0.4) is 0 Å². The monoisotopic (exact) mass is 302 g/mol. The van der Waals surface area contributed by atoms with Crippen LogP contribution in [-0.2, 0) is 0 Å². The Hall–Kier alpha value is -1.36. The van der Waals surface area contributed by atoms with E-state index in [1.54, 1.807) is 0 Å². The average Bonchev–Trinajstić information content (AvgIpc) is 3.17. The van der Waals surface area contributed by atoms with Gasteiger partial charge in [0.25, 0.3) is 0 Å². The summed E-state index contributed by atoms with van der Waals surface area (Å²) >= 11 is 0. The van der Waals surface area contributed by atoms with E-state index in [9.17, 15) is 5.11 Å². The Bertz CT molecular complexity index is 576. The van der Waals surface area contributed by atoms with Crippen molar-refractivity contribution in [3.8, 4) is 0 Å². The summed E-state index contributed by atoms with van der Waals surface area (Å²) in [6.07, 6.45) is 6.19. The fourth-order valence-electron chi connectivity index (χ4n) is 4.06. The molecule has 0 amide bonds. The number of aromatic nitrogens is 2. The van der Waals surface area contributed by atoms with Crippen LogP contribution in [0.5, 0.6) is 0 Å². The molecule has 1 aromatic heterocycles. The van der Waals surface area contributed by atoms with Crippen LogP contribution >= 0.6 is 0 Å². The second-order valence-electron chi connectivity index (χ2n) is 8.10. The van der Waals surface area contributed by atoms with E-state index >= 15 is 0 Å². The smallest absolute Gasteiger partial charge is 0.227 e. The van der Waals surface area contributed by atoms with Gasteiger partial charge in [0.05, 0.1) is 5.60 Å². The Morgan fingerprint density at radius 1 is 1.23 bits per heavy atom. The van der Waals surface area contributed by atoms with Gasteiger partial charge in [0.1, 0.15) is 5.82 Å². The minimum absolute atomic E-state index is 0.360. The van der Waals surface area contributed by atoms with Crippen molar-refractivity contribution in [2.24, 2.45) is 11.3 Å². The van der Waals surface area contributed by atoms with Crippen LogP contribution in [0.2, 0.25) is 0 Å². The van der Waals surface area contributed by atoms with Gasteiger partial charge in [-0.15, -0.1) is 0 Å². The molecule has 22 heavy (non-hydrogen) atoms.